The largest absolute Gasteiger partial charge is 0.351 e. The molecule has 4 rings (SSSR count). The monoisotopic (exact) mass is 414 g/mol. The highest BCUT2D eigenvalue weighted by atomic mass is 16.2. The van der Waals surface area contributed by atoms with Gasteiger partial charge in [0, 0.05) is 25.4 Å². The maximum atomic E-state index is 12.6. The van der Waals surface area contributed by atoms with Gasteiger partial charge in [0.25, 0.3) is 5.91 Å². The van der Waals surface area contributed by atoms with Crippen molar-refractivity contribution >= 4 is 22.8 Å². The molecule has 0 aliphatic heterocycles. The van der Waals surface area contributed by atoms with Crippen LogP contribution in [0.1, 0.15) is 40.8 Å². The maximum absolute atomic E-state index is 12.6. The van der Waals surface area contributed by atoms with Crippen LogP contribution in [0, 0.1) is 0 Å². The molecule has 0 aliphatic carbocycles. The van der Waals surface area contributed by atoms with Gasteiger partial charge in [-0.05, 0) is 24.1 Å². The molecule has 2 heterocycles. The Morgan fingerprint density at radius 3 is 2.58 bits per heavy atom. The zero-order valence-corrected chi connectivity index (χ0v) is 16.8. The third kappa shape index (κ3) is 5.11. The predicted octanol–water partition coefficient (Wildman–Crippen LogP) is 2.77. The summed E-state index contributed by atoms with van der Waals surface area (Å²) >= 11 is 0. The van der Waals surface area contributed by atoms with Gasteiger partial charge in [0.15, 0.2) is 0 Å². The number of hydrogen-bond acceptors (Lipinski definition) is 5. The number of benzene rings is 2. The number of imidazole rings is 1. The summed E-state index contributed by atoms with van der Waals surface area (Å²) in [5.74, 6) is 0.248. The molecule has 0 saturated heterocycles. The van der Waals surface area contributed by atoms with Gasteiger partial charge in [-0.1, -0.05) is 42.5 Å². The lowest BCUT2D eigenvalue weighted by Gasteiger charge is -2.17. The van der Waals surface area contributed by atoms with Crippen LogP contribution in [-0.4, -0.2) is 38.3 Å². The van der Waals surface area contributed by atoms with E-state index in [1.54, 1.807) is 0 Å². The standard InChI is InChI=1S/C23H22N6O2/c30-20(11-6-12-26-23(31)19-15-24-13-14-25-19)29-21(16-7-2-1-3-8-16)22-27-17-9-4-5-10-18(17)28-22/h1-5,7-10,13-15,21H,6,11-12H2,(H,26,31)(H,27,28)(H,29,30)/t21-/m0/s1. The minimum atomic E-state index is -0.393. The number of aromatic amines is 1. The van der Waals surface area contributed by atoms with Crippen molar-refractivity contribution < 1.29 is 9.59 Å². The number of H-pyrrole nitrogens is 1. The van der Waals surface area contributed by atoms with Gasteiger partial charge in [-0.25, -0.2) is 9.97 Å². The lowest BCUT2D eigenvalue weighted by molar-refractivity contribution is -0.121. The van der Waals surface area contributed by atoms with Crippen LogP contribution in [-0.2, 0) is 4.79 Å². The van der Waals surface area contributed by atoms with Crippen LogP contribution in [0.2, 0.25) is 0 Å². The molecule has 1 atom stereocenters. The van der Waals surface area contributed by atoms with Gasteiger partial charge in [-0.2, -0.15) is 0 Å². The summed E-state index contributed by atoms with van der Waals surface area (Å²) in [6.45, 7) is 0.365. The van der Waals surface area contributed by atoms with Crippen molar-refractivity contribution in [1.82, 2.24) is 30.6 Å². The first-order chi connectivity index (χ1) is 15.2. The minimum absolute atomic E-state index is 0.122. The number of amides is 2. The highest BCUT2D eigenvalue weighted by Crippen LogP contribution is 2.22. The van der Waals surface area contributed by atoms with Crippen LogP contribution in [0.15, 0.2) is 73.2 Å². The molecule has 0 fully saturated rings. The Bertz CT molecular complexity index is 1130. The first-order valence-corrected chi connectivity index (χ1v) is 10.0. The molecule has 0 radical (unpaired) electrons. The quantitative estimate of drug-likeness (QED) is 0.384. The average molecular weight is 414 g/mol. The first-order valence-electron chi connectivity index (χ1n) is 10.0. The van der Waals surface area contributed by atoms with Crippen molar-refractivity contribution in [3.63, 3.8) is 0 Å². The number of rotatable bonds is 8. The van der Waals surface area contributed by atoms with Gasteiger partial charge in [0.1, 0.15) is 17.6 Å². The fourth-order valence-electron chi connectivity index (χ4n) is 3.26. The SMILES string of the molecule is O=C(CCCNC(=O)c1cnccn1)N[C@@H](c1ccccc1)c1nc2ccccc2[nH]1. The van der Waals surface area contributed by atoms with E-state index in [1.165, 1.54) is 18.6 Å². The van der Waals surface area contributed by atoms with Crippen LogP contribution in [0.3, 0.4) is 0 Å². The number of para-hydroxylation sites is 2. The Labute approximate surface area is 179 Å². The number of carbonyl (C=O) groups excluding carboxylic acids is 2. The summed E-state index contributed by atoms with van der Waals surface area (Å²) in [4.78, 5) is 40.4. The average Bonchev–Trinajstić information content (AvgIpc) is 3.25. The molecule has 2 aromatic heterocycles. The Hall–Kier alpha value is -4.07. The van der Waals surface area contributed by atoms with Gasteiger partial charge in [0.05, 0.1) is 17.2 Å². The summed E-state index contributed by atoms with van der Waals surface area (Å²) in [6.07, 6.45) is 5.14. The van der Waals surface area contributed by atoms with E-state index < -0.39 is 6.04 Å². The zero-order valence-electron chi connectivity index (χ0n) is 16.8. The molecule has 31 heavy (non-hydrogen) atoms. The molecule has 2 amide bonds. The molecular weight excluding hydrogens is 392 g/mol. The van der Waals surface area contributed by atoms with E-state index in [1.807, 2.05) is 54.6 Å². The van der Waals surface area contributed by atoms with Crippen LogP contribution < -0.4 is 10.6 Å². The van der Waals surface area contributed by atoms with E-state index in [-0.39, 0.29) is 23.9 Å². The van der Waals surface area contributed by atoms with E-state index in [2.05, 4.69) is 30.6 Å². The molecule has 0 bridgehead atoms. The molecule has 2 aromatic carbocycles. The number of fused-ring (bicyclic) bond motifs is 1. The molecule has 8 nitrogen and oxygen atoms in total. The van der Waals surface area contributed by atoms with Crippen LogP contribution >= 0.6 is 0 Å². The zero-order chi connectivity index (χ0) is 21.5. The number of nitrogens with one attached hydrogen (secondary N) is 3. The second-order valence-corrected chi connectivity index (χ2v) is 7.00. The topological polar surface area (TPSA) is 113 Å². The smallest absolute Gasteiger partial charge is 0.271 e. The number of carbonyl (C=O) groups is 2. The minimum Gasteiger partial charge on any atom is -0.351 e. The van der Waals surface area contributed by atoms with Gasteiger partial charge >= 0.3 is 0 Å². The Morgan fingerprint density at radius 2 is 1.81 bits per heavy atom. The van der Waals surface area contributed by atoms with Crippen LogP contribution in [0.25, 0.3) is 11.0 Å². The molecule has 3 N–H and O–H groups in total. The summed E-state index contributed by atoms with van der Waals surface area (Å²) in [5, 5.41) is 5.81. The number of hydrogen-bond donors (Lipinski definition) is 3. The van der Waals surface area contributed by atoms with E-state index >= 15 is 0 Å². The summed E-state index contributed by atoms with van der Waals surface area (Å²) < 4.78 is 0. The normalized spacial score (nSPS) is 11.7. The molecule has 156 valence electrons. The molecule has 0 unspecified atom stereocenters. The van der Waals surface area contributed by atoms with Crippen molar-refractivity contribution in [2.45, 2.75) is 18.9 Å². The Morgan fingerprint density at radius 1 is 1.00 bits per heavy atom. The second kappa shape index (κ2) is 9.62. The molecule has 0 saturated carbocycles. The summed E-state index contributed by atoms with van der Waals surface area (Å²) in [6, 6.07) is 17.1. The number of aromatic nitrogens is 4. The molecule has 8 heteroatoms. The lowest BCUT2D eigenvalue weighted by atomic mass is 10.1. The summed E-state index contributed by atoms with van der Waals surface area (Å²) in [7, 11) is 0. The predicted molar refractivity (Wildman–Crippen MR) is 116 cm³/mol. The third-order valence-electron chi connectivity index (χ3n) is 4.78. The van der Waals surface area contributed by atoms with Crippen molar-refractivity contribution in [2.24, 2.45) is 0 Å². The maximum Gasteiger partial charge on any atom is 0.271 e. The lowest BCUT2D eigenvalue weighted by Crippen LogP contribution is -2.31. The first kappa shape index (κ1) is 20.2. The van der Waals surface area contributed by atoms with E-state index in [9.17, 15) is 9.59 Å². The van der Waals surface area contributed by atoms with E-state index in [4.69, 9.17) is 0 Å². The second-order valence-electron chi connectivity index (χ2n) is 7.00. The van der Waals surface area contributed by atoms with E-state index in [0.717, 1.165) is 16.6 Å². The van der Waals surface area contributed by atoms with Gasteiger partial charge in [-0.3, -0.25) is 14.6 Å². The molecule has 0 spiro atoms. The fraction of sp³-hybridized carbons (Fsp3) is 0.174. The third-order valence-corrected chi connectivity index (χ3v) is 4.78. The van der Waals surface area contributed by atoms with Crippen molar-refractivity contribution in [3.8, 4) is 0 Å². The van der Waals surface area contributed by atoms with Crippen LogP contribution in [0.5, 0.6) is 0 Å². The van der Waals surface area contributed by atoms with Gasteiger partial charge < -0.3 is 15.6 Å². The number of nitrogens with zero attached hydrogens (tertiary/aromatic N) is 3. The van der Waals surface area contributed by atoms with Crippen molar-refractivity contribution in [1.29, 1.82) is 0 Å². The van der Waals surface area contributed by atoms with Crippen molar-refractivity contribution in [2.75, 3.05) is 6.54 Å². The van der Waals surface area contributed by atoms with E-state index in [0.29, 0.717) is 18.8 Å². The molecular formula is C23H22N6O2. The van der Waals surface area contributed by atoms with Gasteiger partial charge in [0.2, 0.25) is 5.91 Å². The highest BCUT2D eigenvalue weighted by Gasteiger charge is 2.20. The Kier molecular flexibility index (Phi) is 6.27. The van der Waals surface area contributed by atoms with Gasteiger partial charge in [-0.15, -0.1) is 0 Å². The molecule has 0 aliphatic rings. The highest BCUT2D eigenvalue weighted by molar-refractivity contribution is 5.91. The van der Waals surface area contributed by atoms with Crippen molar-refractivity contribution in [3.05, 3.63) is 90.3 Å². The summed E-state index contributed by atoms with van der Waals surface area (Å²) in [5.41, 5.74) is 2.95. The fourth-order valence-corrected chi connectivity index (χ4v) is 3.26. The molecule has 4 aromatic rings. The van der Waals surface area contributed by atoms with Crippen LogP contribution in [0.4, 0.5) is 0 Å². The Balaban J connectivity index is 1.38.